The molecule has 1 unspecified atom stereocenters. The number of piperidine rings is 1. The van der Waals surface area contributed by atoms with Crippen molar-refractivity contribution in [2.24, 2.45) is 5.92 Å². The number of esters is 1. The average molecular weight is 349 g/mol. The minimum atomic E-state index is -0.214. The van der Waals surface area contributed by atoms with E-state index in [1.54, 1.807) is 24.0 Å². The highest BCUT2D eigenvalue weighted by molar-refractivity contribution is 8.00. The number of ether oxygens (including phenoxy) is 1. The van der Waals surface area contributed by atoms with Crippen molar-refractivity contribution < 1.29 is 19.1 Å². The van der Waals surface area contributed by atoms with Gasteiger partial charge in [-0.3, -0.25) is 14.4 Å². The summed E-state index contributed by atoms with van der Waals surface area (Å²) < 4.78 is 5.06. The minimum absolute atomic E-state index is 0.0112. The zero-order valence-electron chi connectivity index (χ0n) is 14.1. The van der Waals surface area contributed by atoms with Gasteiger partial charge in [0, 0.05) is 23.5 Å². The highest BCUT2D eigenvalue weighted by Gasteiger charge is 2.29. The normalized spacial score (nSPS) is 17.4. The number of benzene rings is 1. The summed E-state index contributed by atoms with van der Waals surface area (Å²) in [7, 11) is 0. The first kappa shape index (κ1) is 18.5. The van der Waals surface area contributed by atoms with Crippen LogP contribution in [0.4, 0.5) is 0 Å². The molecule has 1 saturated heterocycles. The molecular formula is C18H23NO4S. The third-order valence-corrected chi connectivity index (χ3v) is 4.98. The number of carbonyl (C=O) groups is 3. The maximum atomic E-state index is 12.4. The van der Waals surface area contributed by atoms with Crippen LogP contribution in [0.5, 0.6) is 0 Å². The summed E-state index contributed by atoms with van der Waals surface area (Å²) in [6.07, 6.45) is 1.59. The van der Waals surface area contributed by atoms with E-state index in [4.69, 9.17) is 4.74 Å². The monoisotopic (exact) mass is 349 g/mol. The maximum Gasteiger partial charge on any atom is 0.310 e. The van der Waals surface area contributed by atoms with Crippen LogP contribution in [-0.4, -0.2) is 48.0 Å². The molecule has 0 N–H and O–H groups in total. The van der Waals surface area contributed by atoms with Crippen molar-refractivity contribution in [3.63, 3.8) is 0 Å². The van der Waals surface area contributed by atoms with Crippen LogP contribution in [0.1, 0.15) is 37.0 Å². The topological polar surface area (TPSA) is 63.7 Å². The summed E-state index contributed by atoms with van der Waals surface area (Å²) in [6, 6.07) is 7.28. The first-order chi connectivity index (χ1) is 11.5. The number of hydrogen-bond donors (Lipinski definition) is 0. The van der Waals surface area contributed by atoms with Crippen molar-refractivity contribution >= 4 is 29.4 Å². The molecule has 0 radical (unpaired) electrons. The summed E-state index contributed by atoms with van der Waals surface area (Å²) in [5, 5.41) is 0. The zero-order valence-corrected chi connectivity index (χ0v) is 14.9. The second-order valence-electron chi connectivity index (χ2n) is 5.80. The van der Waals surface area contributed by atoms with Crippen LogP contribution in [0.15, 0.2) is 29.2 Å². The Morgan fingerprint density at radius 1 is 1.33 bits per heavy atom. The van der Waals surface area contributed by atoms with Crippen LogP contribution in [0, 0.1) is 5.92 Å². The molecule has 0 aromatic heterocycles. The molecule has 24 heavy (non-hydrogen) atoms. The van der Waals surface area contributed by atoms with Gasteiger partial charge >= 0.3 is 5.97 Å². The Hall–Kier alpha value is -1.82. The van der Waals surface area contributed by atoms with E-state index in [1.807, 2.05) is 12.1 Å². The predicted octanol–water partition coefficient (Wildman–Crippen LogP) is 2.78. The standard InChI is InChI=1S/C18H23NO4S/c1-3-23-18(22)15-7-5-9-19(11-15)17(21)12-24-16-8-4-6-14(10-16)13(2)20/h4,6,8,10,15H,3,5,7,9,11-12H2,1-2H3. The van der Waals surface area contributed by atoms with Crippen molar-refractivity contribution in [1.29, 1.82) is 0 Å². The van der Waals surface area contributed by atoms with E-state index in [2.05, 4.69) is 0 Å². The number of carbonyl (C=O) groups excluding carboxylic acids is 3. The first-order valence-electron chi connectivity index (χ1n) is 8.19. The van der Waals surface area contributed by atoms with E-state index in [0.29, 0.717) is 31.0 Å². The molecule has 0 saturated carbocycles. The lowest BCUT2D eigenvalue weighted by Gasteiger charge is -2.31. The maximum absolute atomic E-state index is 12.4. The average Bonchev–Trinajstić information content (AvgIpc) is 2.60. The number of likely N-dealkylation sites (tertiary alicyclic amines) is 1. The van der Waals surface area contributed by atoms with Gasteiger partial charge in [-0.1, -0.05) is 12.1 Å². The van der Waals surface area contributed by atoms with Gasteiger partial charge in [-0.2, -0.15) is 0 Å². The van der Waals surface area contributed by atoms with Gasteiger partial charge in [-0.05, 0) is 38.8 Å². The molecule has 0 bridgehead atoms. The summed E-state index contributed by atoms with van der Waals surface area (Å²) in [5.74, 6) is -0.0958. The molecule has 1 aliphatic rings. The molecule has 130 valence electrons. The van der Waals surface area contributed by atoms with Gasteiger partial charge in [0.25, 0.3) is 0 Å². The number of thioether (sulfide) groups is 1. The Kier molecular flexibility index (Phi) is 6.85. The molecule has 5 nitrogen and oxygen atoms in total. The highest BCUT2D eigenvalue weighted by atomic mass is 32.2. The smallest absolute Gasteiger partial charge is 0.310 e. The number of ketones is 1. The molecule has 1 fully saturated rings. The highest BCUT2D eigenvalue weighted by Crippen LogP contribution is 2.22. The number of rotatable bonds is 6. The van der Waals surface area contributed by atoms with E-state index in [-0.39, 0.29) is 23.6 Å². The van der Waals surface area contributed by atoms with Crippen LogP contribution < -0.4 is 0 Å². The predicted molar refractivity (Wildman–Crippen MR) is 93.1 cm³/mol. The molecule has 1 aromatic carbocycles. The van der Waals surface area contributed by atoms with Gasteiger partial charge in [0.2, 0.25) is 5.91 Å². The Morgan fingerprint density at radius 3 is 2.83 bits per heavy atom. The fourth-order valence-corrected chi connectivity index (χ4v) is 3.56. The van der Waals surface area contributed by atoms with Crippen molar-refractivity contribution in [1.82, 2.24) is 4.90 Å². The Morgan fingerprint density at radius 2 is 2.12 bits per heavy atom. The second-order valence-corrected chi connectivity index (χ2v) is 6.85. The second kappa shape index (κ2) is 8.87. The molecule has 0 spiro atoms. The lowest BCUT2D eigenvalue weighted by molar-refractivity contribution is -0.151. The summed E-state index contributed by atoms with van der Waals surface area (Å²) in [4.78, 5) is 38.3. The first-order valence-corrected chi connectivity index (χ1v) is 9.18. The number of hydrogen-bond acceptors (Lipinski definition) is 5. The Bertz CT molecular complexity index is 617. The van der Waals surface area contributed by atoms with Gasteiger partial charge in [0.05, 0.1) is 18.3 Å². The molecule has 1 aliphatic heterocycles. The Labute approximate surface area is 146 Å². The van der Waals surface area contributed by atoms with E-state index in [1.165, 1.54) is 18.7 Å². The van der Waals surface area contributed by atoms with Crippen molar-refractivity contribution in [3.05, 3.63) is 29.8 Å². The summed E-state index contributed by atoms with van der Waals surface area (Å²) in [5.41, 5.74) is 0.646. The number of amides is 1. The largest absolute Gasteiger partial charge is 0.466 e. The van der Waals surface area contributed by atoms with Crippen LogP contribution >= 0.6 is 11.8 Å². The fraction of sp³-hybridized carbons (Fsp3) is 0.500. The molecule has 1 atom stereocenters. The third kappa shape index (κ3) is 5.09. The molecule has 1 aromatic rings. The molecule has 1 amide bonds. The number of Topliss-reactive ketones (excluding diaryl/α,β-unsaturated/α-hetero) is 1. The molecular weight excluding hydrogens is 326 g/mol. The van der Waals surface area contributed by atoms with Gasteiger partial charge in [0.1, 0.15) is 0 Å². The van der Waals surface area contributed by atoms with Crippen LogP contribution in [0.2, 0.25) is 0 Å². The van der Waals surface area contributed by atoms with E-state index < -0.39 is 0 Å². The molecule has 2 rings (SSSR count). The van der Waals surface area contributed by atoms with Crippen LogP contribution in [0.25, 0.3) is 0 Å². The summed E-state index contributed by atoms with van der Waals surface area (Å²) >= 11 is 1.41. The van der Waals surface area contributed by atoms with Gasteiger partial charge in [-0.25, -0.2) is 0 Å². The Balaban J connectivity index is 1.89. The van der Waals surface area contributed by atoms with Crippen LogP contribution in [0.3, 0.4) is 0 Å². The van der Waals surface area contributed by atoms with Crippen molar-refractivity contribution in [2.75, 3.05) is 25.4 Å². The van der Waals surface area contributed by atoms with Crippen molar-refractivity contribution in [3.8, 4) is 0 Å². The van der Waals surface area contributed by atoms with Crippen molar-refractivity contribution in [2.45, 2.75) is 31.6 Å². The van der Waals surface area contributed by atoms with Gasteiger partial charge in [-0.15, -0.1) is 11.8 Å². The summed E-state index contributed by atoms with van der Waals surface area (Å²) in [6.45, 7) is 4.80. The molecule has 0 aliphatic carbocycles. The van der Waals surface area contributed by atoms with E-state index >= 15 is 0 Å². The SMILES string of the molecule is CCOC(=O)C1CCCN(C(=O)CSc2cccc(C(C)=O)c2)C1. The lowest BCUT2D eigenvalue weighted by atomic mass is 9.98. The fourth-order valence-electron chi connectivity index (χ4n) is 2.70. The quantitative estimate of drug-likeness (QED) is 0.449. The van der Waals surface area contributed by atoms with Gasteiger partial charge in [0.15, 0.2) is 5.78 Å². The molecule has 1 heterocycles. The number of nitrogens with zero attached hydrogens (tertiary/aromatic N) is 1. The lowest BCUT2D eigenvalue weighted by Crippen LogP contribution is -2.43. The van der Waals surface area contributed by atoms with Crippen LogP contribution in [-0.2, 0) is 14.3 Å². The third-order valence-electron chi connectivity index (χ3n) is 4.00. The molecule has 6 heteroatoms. The zero-order chi connectivity index (χ0) is 17.5. The van der Waals surface area contributed by atoms with E-state index in [0.717, 1.165) is 17.7 Å². The van der Waals surface area contributed by atoms with E-state index in [9.17, 15) is 14.4 Å². The van der Waals surface area contributed by atoms with Gasteiger partial charge < -0.3 is 9.64 Å². The minimum Gasteiger partial charge on any atom is -0.466 e.